The number of aliphatic imine (C=N–C) groups is 1. The van der Waals surface area contributed by atoms with Crippen molar-refractivity contribution in [2.24, 2.45) is 10.7 Å². The van der Waals surface area contributed by atoms with Gasteiger partial charge in [-0.15, -0.1) is 0 Å². The van der Waals surface area contributed by atoms with Crippen molar-refractivity contribution in [3.63, 3.8) is 0 Å². The summed E-state index contributed by atoms with van der Waals surface area (Å²) in [5, 5.41) is 2.41. The highest BCUT2D eigenvalue weighted by Crippen LogP contribution is 2.35. The molecule has 13 heteroatoms. The molecule has 0 amide bonds. The Hall–Kier alpha value is -2.57. The third-order valence-electron chi connectivity index (χ3n) is 4.14. The maximum absolute atomic E-state index is 13.1. The molecule has 1 atom stereocenters. The Morgan fingerprint density at radius 2 is 2.07 bits per heavy atom. The quantitative estimate of drug-likeness (QED) is 0.595. The molecule has 0 aromatic carbocycles. The van der Waals surface area contributed by atoms with Gasteiger partial charge in [0.25, 0.3) is 0 Å². The zero-order valence-electron chi connectivity index (χ0n) is 15.3. The average Bonchev–Trinajstić information content (AvgIpc) is 2.67. The summed E-state index contributed by atoms with van der Waals surface area (Å²) < 4.78 is 44.7. The molecule has 2 aliphatic rings. The van der Waals surface area contributed by atoms with Crippen molar-refractivity contribution in [2.75, 3.05) is 48.4 Å². The number of morpholine rings is 1. The van der Waals surface area contributed by atoms with Gasteiger partial charge in [0.15, 0.2) is 23.7 Å². The lowest BCUT2D eigenvalue weighted by atomic mass is 10.2. The van der Waals surface area contributed by atoms with Crippen LogP contribution in [-0.2, 0) is 4.74 Å². The Labute approximate surface area is 169 Å². The Morgan fingerprint density at radius 1 is 1.38 bits per heavy atom. The third kappa shape index (κ3) is 5.08. The van der Waals surface area contributed by atoms with Crippen molar-refractivity contribution >= 4 is 40.7 Å². The number of allylic oxidation sites excluding steroid dienone is 1. The van der Waals surface area contributed by atoms with Gasteiger partial charge in [-0.1, -0.05) is 18.2 Å². The fourth-order valence-electron chi connectivity index (χ4n) is 2.79. The van der Waals surface area contributed by atoms with Gasteiger partial charge >= 0.3 is 6.18 Å². The van der Waals surface area contributed by atoms with E-state index in [0.29, 0.717) is 36.8 Å². The van der Waals surface area contributed by atoms with E-state index in [-0.39, 0.29) is 28.3 Å². The Morgan fingerprint density at radius 3 is 2.62 bits per heavy atom. The lowest BCUT2D eigenvalue weighted by molar-refractivity contribution is -0.118. The average molecular weight is 433 g/mol. The molecule has 0 spiro atoms. The van der Waals surface area contributed by atoms with E-state index in [1.807, 2.05) is 4.90 Å². The normalized spacial score (nSPS) is 19.6. The molecule has 1 unspecified atom stereocenters. The Kier molecular flexibility index (Phi) is 6.15. The highest BCUT2D eigenvalue weighted by Gasteiger charge is 2.34. The molecular weight excluding hydrogens is 413 g/mol. The zero-order valence-corrected chi connectivity index (χ0v) is 16.0. The molecule has 5 N–H and O–H groups in total. The summed E-state index contributed by atoms with van der Waals surface area (Å²) in [5.74, 6) is 0.199. The number of ether oxygens (including phenoxy) is 1. The van der Waals surface area contributed by atoms with Crippen molar-refractivity contribution in [3.8, 4) is 0 Å². The van der Waals surface area contributed by atoms with Crippen LogP contribution in [-0.4, -0.2) is 61.5 Å². The van der Waals surface area contributed by atoms with E-state index in [0.717, 1.165) is 0 Å². The highest BCUT2D eigenvalue weighted by molar-refractivity contribution is 6.31. The van der Waals surface area contributed by atoms with Crippen molar-refractivity contribution < 1.29 is 17.9 Å². The number of nitrogen functional groups attached to an aromatic ring is 1. The van der Waals surface area contributed by atoms with Crippen molar-refractivity contribution in [1.29, 1.82) is 0 Å². The zero-order chi connectivity index (χ0) is 21.2. The van der Waals surface area contributed by atoms with E-state index in [1.165, 1.54) is 12.4 Å². The number of nitrogens with zero attached hydrogens (tertiary/aromatic N) is 5. The smallest absolute Gasteiger partial charge is 0.393 e. The maximum Gasteiger partial charge on any atom is 0.406 e. The van der Waals surface area contributed by atoms with Crippen LogP contribution < -0.4 is 26.6 Å². The number of nitrogens with two attached hydrogens (primary N) is 2. The molecule has 1 aromatic rings. The molecule has 2 aliphatic heterocycles. The second-order valence-electron chi connectivity index (χ2n) is 6.27. The van der Waals surface area contributed by atoms with E-state index >= 15 is 0 Å². The largest absolute Gasteiger partial charge is 0.406 e. The second-order valence-corrected chi connectivity index (χ2v) is 6.71. The number of hydrogen-bond donors (Lipinski definition) is 3. The minimum Gasteiger partial charge on any atom is -0.393 e. The van der Waals surface area contributed by atoms with Gasteiger partial charge in [-0.05, 0) is 0 Å². The summed E-state index contributed by atoms with van der Waals surface area (Å²) >= 11 is 5.86. The number of aromatic nitrogens is 2. The predicted octanol–water partition coefficient (Wildman–Crippen LogP) is 1.23. The van der Waals surface area contributed by atoms with Crippen LogP contribution in [0.1, 0.15) is 5.82 Å². The molecule has 0 aliphatic carbocycles. The summed E-state index contributed by atoms with van der Waals surface area (Å²) in [6.07, 6.45) is -2.23. The van der Waals surface area contributed by atoms with Gasteiger partial charge in [-0.2, -0.15) is 13.2 Å². The lowest BCUT2D eigenvalue weighted by Crippen LogP contribution is -2.39. The van der Waals surface area contributed by atoms with Crippen LogP contribution in [0, 0.1) is 0 Å². The van der Waals surface area contributed by atoms with Gasteiger partial charge in [0.2, 0.25) is 0 Å². The minimum atomic E-state index is -4.56. The molecule has 1 fully saturated rings. The first kappa shape index (κ1) is 21.1. The van der Waals surface area contributed by atoms with Crippen molar-refractivity contribution in [3.05, 3.63) is 23.8 Å². The number of halogens is 4. The summed E-state index contributed by atoms with van der Waals surface area (Å²) in [7, 11) is 0. The standard InChI is InChI=1S/C16H20ClF3N8O/c1-9(17)28(8-16(18,19)20)14-11(21)13(27-2-4-29-5-3-27)25-12(26-14)10-6-23-15(22)24-7-10/h6-7,15,23H,1-5,8,21-22H2. The van der Waals surface area contributed by atoms with Crippen LogP contribution >= 0.6 is 11.6 Å². The summed E-state index contributed by atoms with van der Waals surface area (Å²) in [6, 6.07) is 0. The van der Waals surface area contributed by atoms with Gasteiger partial charge in [-0.25, -0.2) is 9.97 Å². The maximum atomic E-state index is 13.1. The SMILES string of the molecule is C=C(Cl)N(CC(F)(F)F)c1nc(C2=CNC(N)N=C2)nc(N2CCOCC2)c1N. The van der Waals surface area contributed by atoms with Crippen LogP contribution in [0.2, 0.25) is 0 Å². The number of hydrogen-bond acceptors (Lipinski definition) is 9. The number of alkyl halides is 3. The fourth-order valence-corrected chi connectivity index (χ4v) is 2.93. The van der Waals surface area contributed by atoms with E-state index in [9.17, 15) is 13.2 Å². The van der Waals surface area contributed by atoms with Crippen molar-refractivity contribution in [2.45, 2.75) is 12.5 Å². The Balaban J connectivity index is 2.11. The number of rotatable bonds is 5. The number of nitrogens with one attached hydrogen (secondary N) is 1. The van der Waals surface area contributed by atoms with Crippen molar-refractivity contribution in [1.82, 2.24) is 15.3 Å². The third-order valence-corrected chi connectivity index (χ3v) is 4.35. The van der Waals surface area contributed by atoms with E-state index in [1.54, 1.807) is 0 Å². The molecule has 0 radical (unpaired) electrons. The van der Waals surface area contributed by atoms with Gasteiger partial charge < -0.3 is 25.6 Å². The van der Waals surface area contributed by atoms with E-state index in [4.69, 9.17) is 27.8 Å². The van der Waals surface area contributed by atoms with Crippen LogP contribution in [0.4, 0.5) is 30.5 Å². The van der Waals surface area contributed by atoms with Crippen LogP contribution in [0.5, 0.6) is 0 Å². The summed E-state index contributed by atoms with van der Waals surface area (Å²) in [4.78, 5) is 15.2. The van der Waals surface area contributed by atoms with E-state index < -0.39 is 19.0 Å². The highest BCUT2D eigenvalue weighted by atomic mass is 35.5. The lowest BCUT2D eigenvalue weighted by Gasteiger charge is -2.31. The monoisotopic (exact) mass is 432 g/mol. The van der Waals surface area contributed by atoms with Crippen LogP contribution in [0.15, 0.2) is 22.9 Å². The first-order valence-corrected chi connectivity index (χ1v) is 8.98. The molecule has 3 heterocycles. The molecule has 158 valence electrons. The molecule has 0 saturated carbocycles. The second kappa shape index (κ2) is 8.43. The molecule has 1 saturated heterocycles. The Bertz CT molecular complexity index is 838. The van der Waals surface area contributed by atoms with Crippen LogP contribution in [0.25, 0.3) is 5.57 Å². The summed E-state index contributed by atoms with van der Waals surface area (Å²) in [6.45, 7) is 3.82. The van der Waals surface area contributed by atoms with Crippen LogP contribution in [0.3, 0.4) is 0 Å². The molecule has 0 bridgehead atoms. The van der Waals surface area contributed by atoms with Gasteiger partial charge in [-0.3, -0.25) is 10.7 Å². The fraction of sp³-hybridized carbons (Fsp3) is 0.438. The van der Waals surface area contributed by atoms with Gasteiger partial charge in [0, 0.05) is 25.5 Å². The molecule has 1 aromatic heterocycles. The predicted molar refractivity (Wildman–Crippen MR) is 105 cm³/mol. The molecule has 29 heavy (non-hydrogen) atoms. The van der Waals surface area contributed by atoms with Gasteiger partial charge in [0.05, 0.1) is 18.8 Å². The number of anilines is 3. The first-order valence-electron chi connectivity index (χ1n) is 8.60. The minimum absolute atomic E-state index is 0.0419. The molecular formula is C16H20ClF3N8O. The molecule has 3 rings (SSSR count). The van der Waals surface area contributed by atoms with E-state index in [2.05, 4.69) is 26.9 Å². The molecule has 9 nitrogen and oxygen atoms in total. The topological polar surface area (TPSA) is 118 Å². The summed E-state index contributed by atoms with van der Waals surface area (Å²) in [5.41, 5.74) is 12.2. The van der Waals surface area contributed by atoms with Gasteiger partial charge in [0.1, 0.15) is 17.4 Å². The first-order chi connectivity index (χ1) is 13.7.